The third-order valence-electron chi connectivity index (χ3n) is 4.48. The Morgan fingerprint density at radius 1 is 1.25 bits per heavy atom. The van der Waals surface area contributed by atoms with Crippen molar-refractivity contribution in [3.63, 3.8) is 0 Å². The van der Waals surface area contributed by atoms with E-state index in [-0.39, 0.29) is 11.5 Å². The fourth-order valence-electron chi connectivity index (χ4n) is 2.95. The van der Waals surface area contributed by atoms with Crippen LogP contribution in [0.5, 0.6) is 11.5 Å². The Hall–Kier alpha value is -1.26. The van der Waals surface area contributed by atoms with Crippen molar-refractivity contribution in [2.75, 3.05) is 6.54 Å². The predicted octanol–water partition coefficient (Wildman–Crippen LogP) is 2.52. The number of nitrogens with one attached hydrogen (secondary N) is 1. The van der Waals surface area contributed by atoms with Crippen LogP contribution in [0.2, 0.25) is 0 Å². The molecule has 4 N–H and O–H groups in total. The van der Waals surface area contributed by atoms with E-state index in [4.69, 9.17) is 0 Å². The van der Waals surface area contributed by atoms with Crippen LogP contribution in [0.15, 0.2) is 18.2 Å². The van der Waals surface area contributed by atoms with Gasteiger partial charge in [0.2, 0.25) is 0 Å². The normalized spacial score (nSPS) is 26.6. The Bertz CT molecular complexity index is 439. The van der Waals surface area contributed by atoms with Gasteiger partial charge in [-0.1, -0.05) is 25.5 Å². The highest BCUT2D eigenvalue weighted by atomic mass is 16.3. The molecule has 0 radical (unpaired) electrons. The van der Waals surface area contributed by atoms with E-state index in [1.807, 2.05) is 0 Å². The van der Waals surface area contributed by atoms with Gasteiger partial charge in [0, 0.05) is 18.7 Å². The Kier molecular flexibility index (Phi) is 4.89. The van der Waals surface area contributed by atoms with Crippen LogP contribution in [0.25, 0.3) is 0 Å². The fourth-order valence-corrected chi connectivity index (χ4v) is 2.95. The highest BCUT2D eigenvalue weighted by molar-refractivity contribution is 5.44. The zero-order valence-corrected chi connectivity index (χ0v) is 12.1. The summed E-state index contributed by atoms with van der Waals surface area (Å²) in [6, 6.07) is 4.92. The molecule has 0 bridgehead atoms. The molecule has 0 aromatic heterocycles. The van der Waals surface area contributed by atoms with E-state index < -0.39 is 5.60 Å². The fraction of sp³-hybridized carbons (Fsp3) is 0.625. The van der Waals surface area contributed by atoms with E-state index in [0.29, 0.717) is 18.7 Å². The molecule has 20 heavy (non-hydrogen) atoms. The molecule has 1 aliphatic rings. The molecule has 0 atom stereocenters. The molecule has 0 aliphatic heterocycles. The number of aliphatic hydroxyl groups is 1. The zero-order valence-electron chi connectivity index (χ0n) is 12.1. The van der Waals surface area contributed by atoms with Gasteiger partial charge >= 0.3 is 0 Å². The van der Waals surface area contributed by atoms with Crippen molar-refractivity contribution in [3.05, 3.63) is 23.8 Å². The van der Waals surface area contributed by atoms with E-state index in [2.05, 4.69) is 12.2 Å². The Morgan fingerprint density at radius 2 is 1.95 bits per heavy atom. The number of para-hydroxylation sites is 1. The molecule has 1 saturated carbocycles. The van der Waals surface area contributed by atoms with Gasteiger partial charge in [0.25, 0.3) is 0 Å². The number of rotatable bonds is 5. The molecule has 0 amide bonds. The van der Waals surface area contributed by atoms with Crippen molar-refractivity contribution >= 4 is 0 Å². The number of phenolic OH excluding ortho intramolecular Hbond substituents is 2. The summed E-state index contributed by atoms with van der Waals surface area (Å²) >= 11 is 0. The highest BCUT2D eigenvalue weighted by Crippen LogP contribution is 2.33. The van der Waals surface area contributed by atoms with E-state index in [9.17, 15) is 15.3 Å². The lowest BCUT2D eigenvalue weighted by atomic mass is 9.78. The molecule has 0 heterocycles. The van der Waals surface area contributed by atoms with Gasteiger partial charge in [-0.05, 0) is 37.7 Å². The van der Waals surface area contributed by atoms with Crippen molar-refractivity contribution in [1.29, 1.82) is 0 Å². The monoisotopic (exact) mass is 279 g/mol. The maximum Gasteiger partial charge on any atom is 0.161 e. The second kappa shape index (κ2) is 6.46. The van der Waals surface area contributed by atoms with Gasteiger partial charge in [-0.15, -0.1) is 0 Å². The lowest BCUT2D eigenvalue weighted by molar-refractivity contribution is -0.00884. The first kappa shape index (κ1) is 15.1. The minimum Gasteiger partial charge on any atom is -0.504 e. The highest BCUT2D eigenvalue weighted by Gasteiger charge is 2.32. The average molecular weight is 279 g/mol. The molecule has 1 aromatic carbocycles. The molecular formula is C16H25NO3. The van der Waals surface area contributed by atoms with Crippen LogP contribution in [0.1, 0.15) is 44.6 Å². The summed E-state index contributed by atoms with van der Waals surface area (Å²) in [4.78, 5) is 0. The maximum absolute atomic E-state index is 10.5. The minimum atomic E-state index is -0.627. The summed E-state index contributed by atoms with van der Waals surface area (Å²) < 4.78 is 0. The van der Waals surface area contributed by atoms with Crippen LogP contribution in [0.4, 0.5) is 0 Å². The van der Waals surface area contributed by atoms with Crippen molar-refractivity contribution in [3.8, 4) is 11.5 Å². The smallest absolute Gasteiger partial charge is 0.161 e. The van der Waals surface area contributed by atoms with Gasteiger partial charge in [-0.2, -0.15) is 0 Å². The Balaban J connectivity index is 1.82. The topological polar surface area (TPSA) is 72.7 Å². The Labute approximate surface area is 120 Å². The minimum absolute atomic E-state index is 0.0818. The van der Waals surface area contributed by atoms with Crippen LogP contribution in [-0.2, 0) is 6.54 Å². The molecule has 0 spiro atoms. The van der Waals surface area contributed by atoms with Gasteiger partial charge < -0.3 is 20.6 Å². The zero-order chi connectivity index (χ0) is 14.6. The summed E-state index contributed by atoms with van der Waals surface area (Å²) in [7, 11) is 0. The molecule has 1 aliphatic carbocycles. The van der Waals surface area contributed by atoms with Crippen LogP contribution < -0.4 is 5.32 Å². The number of aromatic hydroxyl groups is 2. The van der Waals surface area contributed by atoms with E-state index in [0.717, 1.165) is 31.6 Å². The largest absolute Gasteiger partial charge is 0.504 e. The molecule has 0 saturated heterocycles. The van der Waals surface area contributed by atoms with Crippen LogP contribution >= 0.6 is 0 Å². The molecule has 4 nitrogen and oxygen atoms in total. The molecule has 112 valence electrons. The van der Waals surface area contributed by atoms with Gasteiger partial charge in [0.1, 0.15) is 0 Å². The first-order chi connectivity index (χ1) is 9.54. The third kappa shape index (κ3) is 3.64. The number of phenols is 2. The second-order valence-electron chi connectivity index (χ2n) is 5.96. The Morgan fingerprint density at radius 3 is 2.60 bits per heavy atom. The summed E-state index contributed by atoms with van der Waals surface area (Å²) in [5.74, 6) is 0.568. The first-order valence-corrected chi connectivity index (χ1v) is 7.47. The summed E-state index contributed by atoms with van der Waals surface area (Å²) in [5, 5.41) is 32.8. The summed E-state index contributed by atoms with van der Waals surface area (Å²) in [6.07, 6.45) is 5.05. The van der Waals surface area contributed by atoms with Crippen LogP contribution in [0.3, 0.4) is 0 Å². The second-order valence-corrected chi connectivity index (χ2v) is 5.96. The van der Waals surface area contributed by atoms with E-state index >= 15 is 0 Å². The lowest BCUT2D eigenvalue weighted by Crippen LogP contribution is -2.43. The van der Waals surface area contributed by atoms with Crippen molar-refractivity contribution in [2.45, 2.75) is 51.2 Å². The molecule has 4 heteroatoms. The standard InChI is InChI=1S/C16H25NO3/c1-2-12-6-8-16(20,9-7-12)11-17-10-13-4-3-5-14(18)15(13)19/h3-5,12,17-20H,2,6-11H2,1H3. The van der Waals surface area contributed by atoms with Gasteiger partial charge in [-0.3, -0.25) is 0 Å². The molecule has 1 aromatic rings. The molecule has 1 fully saturated rings. The predicted molar refractivity (Wildman–Crippen MR) is 78.7 cm³/mol. The number of hydrogen-bond donors (Lipinski definition) is 4. The van der Waals surface area contributed by atoms with E-state index in [1.165, 1.54) is 12.5 Å². The van der Waals surface area contributed by atoms with Gasteiger partial charge in [-0.25, -0.2) is 0 Å². The van der Waals surface area contributed by atoms with Crippen molar-refractivity contribution < 1.29 is 15.3 Å². The number of hydrogen-bond acceptors (Lipinski definition) is 4. The SMILES string of the molecule is CCC1CCC(O)(CNCc2cccc(O)c2O)CC1. The third-order valence-corrected chi connectivity index (χ3v) is 4.48. The average Bonchev–Trinajstić information content (AvgIpc) is 2.44. The number of benzene rings is 1. The lowest BCUT2D eigenvalue weighted by Gasteiger charge is -2.36. The molecule has 0 unspecified atom stereocenters. The summed E-state index contributed by atoms with van der Waals surface area (Å²) in [5.41, 5.74) is 0.0221. The van der Waals surface area contributed by atoms with Crippen molar-refractivity contribution in [2.24, 2.45) is 5.92 Å². The first-order valence-electron chi connectivity index (χ1n) is 7.47. The van der Waals surface area contributed by atoms with Crippen molar-refractivity contribution in [1.82, 2.24) is 5.32 Å². The van der Waals surface area contributed by atoms with Crippen LogP contribution in [0, 0.1) is 5.92 Å². The van der Waals surface area contributed by atoms with Crippen LogP contribution in [-0.4, -0.2) is 27.5 Å². The molecule has 2 rings (SSSR count). The summed E-state index contributed by atoms with van der Waals surface area (Å²) in [6.45, 7) is 3.18. The molecular weight excluding hydrogens is 254 g/mol. The maximum atomic E-state index is 10.5. The van der Waals surface area contributed by atoms with Gasteiger partial charge in [0.15, 0.2) is 11.5 Å². The van der Waals surface area contributed by atoms with Gasteiger partial charge in [0.05, 0.1) is 5.60 Å². The van der Waals surface area contributed by atoms with E-state index in [1.54, 1.807) is 12.1 Å². The quantitative estimate of drug-likeness (QED) is 0.625.